The molecule has 0 bridgehead atoms. The number of nitrogens with one attached hydrogen (secondary N) is 1. The highest BCUT2D eigenvalue weighted by Gasteiger charge is 2.28. The monoisotopic (exact) mass is 317 g/mol. The van der Waals surface area contributed by atoms with Crippen molar-refractivity contribution in [1.29, 1.82) is 0 Å². The Kier molecular flexibility index (Phi) is 5.74. The van der Waals surface area contributed by atoms with Gasteiger partial charge in [0.2, 0.25) is 0 Å². The molecule has 2 rings (SSSR count). The number of halogens is 1. The fourth-order valence-corrected chi connectivity index (χ4v) is 2.51. The molecule has 0 aliphatic carbocycles. The molecule has 4 heteroatoms. The van der Waals surface area contributed by atoms with Crippen molar-refractivity contribution in [2.24, 2.45) is 0 Å². The Hall–Kier alpha value is -1.91. The summed E-state index contributed by atoms with van der Waals surface area (Å²) in [5, 5.41) is 14.0. The zero-order valence-electron chi connectivity index (χ0n) is 13.8. The average molecular weight is 317 g/mol. The lowest BCUT2D eigenvalue weighted by Crippen LogP contribution is -2.45. The van der Waals surface area contributed by atoms with Crippen LogP contribution in [-0.2, 0) is 6.42 Å². The number of aliphatic hydroxyl groups is 1. The first-order chi connectivity index (χ1) is 10.9. The molecular formula is C19H24FNO2. The molecule has 0 amide bonds. The first-order valence-electron chi connectivity index (χ1n) is 7.74. The summed E-state index contributed by atoms with van der Waals surface area (Å²) in [6.07, 6.45) is 0.111. The minimum absolute atomic E-state index is 0.226. The van der Waals surface area contributed by atoms with Crippen LogP contribution < -0.4 is 10.1 Å². The SMILES string of the molecule is COc1cccc(C(O)C(C)(C)NCCc2ccc(F)cc2)c1. The molecule has 3 nitrogen and oxygen atoms in total. The molecule has 2 aromatic carbocycles. The van der Waals surface area contributed by atoms with E-state index in [1.165, 1.54) is 12.1 Å². The summed E-state index contributed by atoms with van der Waals surface area (Å²) in [4.78, 5) is 0. The third-order valence-corrected chi connectivity index (χ3v) is 4.00. The Morgan fingerprint density at radius 3 is 2.52 bits per heavy atom. The largest absolute Gasteiger partial charge is 0.497 e. The van der Waals surface area contributed by atoms with Gasteiger partial charge in [0.1, 0.15) is 11.6 Å². The summed E-state index contributed by atoms with van der Waals surface area (Å²) in [5.74, 6) is 0.499. The van der Waals surface area contributed by atoms with Crippen LogP contribution in [-0.4, -0.2) is 24.3 Å². The molecule has 0 saturated heterocycles. The Morgan fingerprint density at radius 1 is 1.17 bits per heavy atom. The molecule has 0 fully saturated rings. The van der Waals surface area contributed by atoms with E-state index in [1.807, 2.05) is 38.1 Å². The fourth-order valence-electron chi connectivity index (χ4n) is 2.51. The third kappa shape index (κ3) is 4.78. The number of hydrogen-bond donors (Lipinski definition) is 2. The van der Waals surface area contributed by atoms with Crippen molar-refractivity contribution in [3.8, 4) is 5.75 Å². The molecule has 0 aliphatic heterocycles. The highest BCUT2D eigenvalue weighted by molar-refractivity contribution is 5.31. The Morgan fingerprint density at radius 2 is 1.87 bits per heavy atom. The predicted octanol–water partition coefficient (Wildman–Crippen LogP) is 3.48. The second-order valence-electron chi connectivity index (χ2n) is 6.20. The van der Waals surface area contributed by atoms with Gasteiger partial charge < -0.3 is 15.2 Å². The number of ether oxygens (including phenoxy) is 1. The van der Waals surface area contributed by atoms with E-state index in [0.29, 0.717) is 6.54 Å². The molecule has 1 atom stereocenters. The molecule has 0 aliphatic rings. The van der Waals surface area contributed by atoms with E-state index < -0.39 is 11.6 Å². The summed E-state index contributed by atoms with van der Waals surface area (Å²) in [7, 11) is 1.61. The number of hydrogen-bond acceptors (Lipinski definition) is 3. The fraction of sp³-hybridized carbons (Fsp3) is 0.368. The van der Waals surface area contributed by atoms with Gasteiger partial charge in [-0.1, -0.05) is 24.3 Å². The summed E-state index contributed by atoms with van der Waals surface area (Å²) in [6, 6.07) is 13.9. The van der Waals surface area contributed by atoms with Crippen LogP contribution in [0.15, 0.2) is 48.5 Å². The maximum Gasteiger partial charge on any atom is 0.123 e. The molecule has 0 saturated carbocycles. The average Bonchev–Trinajstić information content (AvgIpc) is 2.56. The van der Waals surface area contributed by atoms with Gasteiger partial charge in [-0.3, -0.25) is 0 Å². The number of benzene rings is 2. The van der Waals surface area contributed by atoms with Crippen LogP contribution in [0.5, 0.6) is 5.75 Å². The molecule has 2 aromatic rings. The van der Waals surface area contributed by atoms with Gasteiger partial charge in [0.15, 0.2) is 0 Å². The number of rotatable bonds is 7. The molecule has 0 heterocycles. The van der Waals surface area contributed by atoms with Crippen molar-refractivity contribution < 1.29 is 14.2 Å². The molecule has 1 unspecified atom stereocenters. The topological polar surface area (TPSA) is 41.5 Å². The normalized spacial score (nSPS) is 12.9. The smallest absolute Gasteiger partial charge is 0.123 e. The van der Waals surface area contributed by atoms with Crippen LogP contribution in [0.2, 0.25) is 0 Å². The minimum atomic E-state index is -0.661. The van der Waals surface area contributed by atoms with Crippen molar-refractivity contribution in [3.63, 3.8) is 0 Å². The minimum Gasteiger partial charge on any atom is -0.497 e. The van der Waals surface area contributed by atoms with Crippen LogP contribution in [0.4, 0.5) is 4.39 Å². The zero-order chi connectivity index (χ0) is 16.9. The summed E-state index contributed by atoms with van der Waals surface area (Å²) in [5.41, 5.74) is 1.38. The van der Waals surface area contributed by atoms with Crippen LogP contribution in [0.25, 0.3) is 0 Å². The molecule has 124 valence electrons. The second-order valence-corrected chi connectivity index (χ2v) is 6.20. The molecular weight excluding hydrogens is 293 g/mol. The number of aliphatic hydroxyl groups excluding tert-OH is 1. The van der Waals surface area contributed by atoms with Crippen molar-refractivity contribution in [3.05, 3.63) is 65.5 Å². The molecule has 0 spiro atoms. The Labute approximate surface area is 137 Å². The lowest BCUT2D eigenvalue weighted by atomic mass is 9.91. The van der Waals surface area contributed by atoms with Gasteiger partial charge in [-0.2, -0.15) is 0 Å². The Balaban J connectivity index is 1.95. The van der Waals surface area contributed by atoms with E-state index in [2.05, 4.69) is 5.32 Å². The Bertz CT molecular complexity index is 626. The highest BCUT2D eigenvalue weighted by atomic mass is 19.1. The van der Waals surface area contributed by atoms with Gasteiger partial charge in [0.05, 0.1) is 13.2 Å². The maximum absolute atomic E-state index is 12.9. The van der Waals surface area contributed by atoms with E-state index in [4.69, 9.17) is 4.74 Å². The van der Waals surface area contributed by atoms with Crippen LogP contribution in [0.3, 0.4) is 0 Å². The molecule has 0 radical (unpaired) electrons. The van der Waals surface area contributed by atoms with Gasteiger partial charge in [-0.25, -0.2) is 4.39 Å². The molecule has 0 aromatic heterocycles. The van der Waals surface area contributed by atoms with Crippen LogP contribution in [0.1, 0.15) is 31.1 Å². The summed E-state index contributed by atoms with van der Waals surface area (Å²) >= 11 is 0. The molecule has 2 N–H and O–H groups in total. The van der Waals surface area contributed by atoms with Gasteiger partial charge in [0.25, 0.3) is 0 Å². The van der Waals surface area contributed by atoms with Gasteiger partial charge in [-0.05, 0) is 62.2 Å². The van der Waals surface area contributed by atoms with E-state index in [0.717, 1.165) is 23.3 Å². The van der Waals surface area contributed by atoms with E-state index >= 15 is 0 Å². The highest BCUT2D eigenvalue weighted by Crippen LogP contribution is 2.27. The van der Waals surface area contributed by atoms with Gasteiger partial charge in [0, 0.05) is 5.54 Å². The second kappa shape index (κ2) is 7.57. The summed E-state index contributed by atoms with van der Waals surface area (Å²) < 4.78 is 18.1. The van der Waals surface area contributed by atoms with E-state index in [1.54, 1.807) is 19.2 Å². The van der Waals surface area contributed by atoms with Crippen molar-refractivity contribution in [1.82, 2.24) is 5.32 Å². The van der Waals surface area contributed by atoms with Crippen molar-refractivity contribution >= 4 is 0 Å². The lowest BCUT2D eigenvalue weighted by Gasteiger charge is -2.32. The van der Waals surface area contributed by atoms with Crippen LogP contribution in [0, 0.1) is 5.82 Å². The third-order valence-electron chi connectivity index (χ3n) is 4.00. The summed E-state index contributed by atoms with van der Waals surface area (Å²) in [6.45, 7) is 4.61. The molecule has 23 heavy (non-hydrogen) atoms. The standard InChI is InChI=1S/C19H24FNO2/c1-19(2,18(22)15-5-4-6-17(13-15)23-3)21-12-11-14-7-9-16(20)10-8-14/h4-10,13,18,21-22H,11-12H2,1-3H3. The quantitative estimate of drug-likeness (QED) is 0.821. The van der Waals surface area contributed by atoms with Crippen molar-refractivity contribution in [2.75, 3.05) is 13.7 Å². The first-order valence-corrected chi connectivity index (χ1v) is 7.74. The van der Waals surface area contributed by atoms with E-state index in [-0.39, 0.29) is 5.82 Å². The van der Waals surface area contributed by atoms with Crippen LogP contribution >= 0.6 is 0 Å². The first kappa shape index (κ1) is 17.4. The maximum atomic E-state index is 12.9. The number of methoxy groups -OCH3 is 1. The lowest BCUT2D eigenvalue weighted by molar-refractivity contribution is 0.0805. The van der Waals surface area contributed by atoms with Crippen molar-refractivity contribution in [2.45, 2.75) is 31.9 Å². The zero-order valence-corrected chi connectivity index (χ0v) is 13.8. The predicted molar refractivity (Wildman–Crippen MR) is 90.1 cm³/mol. The van der Waals surface area contributed by atoms with Gasteiger partial charge >= 0.3 is 0 Å². The van der Waals surface area contributed by atoms with Gasteiger partial charge in [-0.15, -0.1) is 0 Å². The van der Waals surface area contributed by atoms with E-state index in [9.17, 15) is 9.50 Å².